The van der Waals surface area contributed by atoms with Crippen LogP contribution in [0.5, 0.6) is 0 Å². The Labute approximate surface area is 193 Å². The number of halogens is 2. The number of anilines is 1. The monoisotopic (exact) mass is 456 g/mol. The summed E-state index contributed by atoms with van der Waals surface area (Å²) in [6.45, 7) is 7.99. The molecule has 7 heteroatoms. The van der Waals surface area contributed by atoms with Gasteiger partial charge in [0.2, 0.25) is 0 Å². The van der Waals surface area contributed by atoms with E-state index in [-0.39, 0.29) is 17.5 Å². The fourth-order valence-corrected chi connectivity index (χ4v) is 4.38. The van der Waals surface area contributed by atoms with Crippen molar-refractivity contribution in [1.82, 2.24) is 14.5 Å². The number of nitrogens with zero attached hydrogens (tertiary/aromatic N) is 3. The molecule has 4 rings (SSSR count). The molecule has 0 radical (unpaired) electrons. The van der Waals surface area contributed by atoms with Gasteiger partial charge < -0.3 is 14.8 Å². The van der Waals surface area contributed by atoms with Crippen LogP contribution in [0.4, 0.5) is 10.5 Å². The highest BCUT2D eigenvalue weighted by Crippen LogP contribution is 2.33. The van der Waals surface area contributed by atoms with Gasteiger partial charge in [0, 0.05) is 30.5 Å². The number of imidazole rings is 1. The van der Waals surface area contributed by atoms with Gasteiger partial charge in [-0.2, -0.15) is 0 Å². The smallest absolute Gasteiger partial charge is 0.322 e. The normalized spacial score (nSPS) is 16.5. The van der Waals surface area contributed by atoms with Gasteiger partial charge in [0.15, 0.2) is 0 Å². The van der Waals surface area contributed by atoms with E-state index >= 15 is 0 Å². The molecule has 2 heterocycles. The summed E-state index contributed by atoms with van der Waals surface area (Å²) in [6, 6.07) is 13.0. The van der Waals surface area contributed by atoms with Crippen LogP contribution in [-0.2, 0) is 12.0 Å². The van der Waals surface area contributed by atoms with Crippen molar-refractivity contribution < 1.29 is 4.79 Å². The zero-order chi connectivity index (χ0) is 22.2. The summed E-state index contributed by atoms with van der Waals surface area (Å²) in [5, 5.41) is 3.88. The Morgan fingerprint density at radius 3 is 2.52 bits per heavy atom. The number of benzene rings is 2. The lowest BCUT2D eigenvalue weighted by Crippen LogP contribution is -2.39. The van der Waals surface area contributed by atoms with Gasteiger partial charge in [0.25, 0.3) is 0 Å². The van der Waals surface area contributed by atoms with Gasteiger partial charge in [-0.05, 0) is 41.2 Å². The molecule has 0 saturated heterocycles. The predicted molar refractivity (Wildman–Crippen MR) is 126 cm³/mol. The second kappa shape index (κ2) is 8.56. The highest BCUT2D eigenvalue weighted by atomic mass is 35.5. The molecule has 31 heavy (non-hydrogen) atoms. The molecule has 5 nitrogen and oxygen atoms in total. The number of carbonyl (C=O) groups excluding carboxylic acids is 1. The summed E-state index contributed by atoms with van der Waals surface area (Å²) in [6.07, 6.45) is 4.61. The zero-order valence-electron chi connectivity index (χ0n) is 17.9. The Hall–Kier alpha value is -2.50. The van der Waals surface area contributed by atoms with Crippen LogP contribution in [0.15, 0.2) is 54.9 Å². The average molecular weight is 457 g/mol. The Morgan fingerprint density at radius 2 is 1.84 bits per heavy atom. The largest absolute Gasteiger partial charge is 0.333 e. The van der Waals surface area contributed by atoms with Gasteiger partial charge in [-0.25, -0.2) is 9.78 Å². The van der Waals surface area contributed by atoms with Crippen LogP contribution in [0.1, 0.15) is 50.2 Å². The maximum atomic E-state index is 13.4. The Balaban J connectivity index is 1.70. The van der Waals surface area contributed by atoms with Gasteiger partial charge in [-0.15, -0.1) is 0 Å². The maximum absolute atomic E-state index is 13.4. The van der Waals surface area contributed by atoms with Crippen LogP contribution in [0, 0.1) is 0 Å². The fraction of sp³-hybridized carbons (Fsp3) is 0.333. The number of nitrogens with one attached hydrogen (secondary N) is 1. The summed E-state index contributed by atoms with van der Waals surface area (Å²) in [7, 11) is 0. The van der Waals surface area contributed by atoms with E-state index in [1.165, 1.54) is 5.56 Å². The van der Waals surface area contributed by atoms with Gasteiger partial charge in [-0.3, -0.25) is 0 Å². The number of rotatable bonds is 2. The van der Waals surface area contributed by atoms with Crippen molar-refractivity contribution in [3.8, 4) is 0 Å². The number of carbonyl (C=O) groups is 1. The molecular formula is C24H26Cl2N4O. The summed E-state index contributed by atoms with van der Waals surface area (Å²) < 4.78 is 2.13. The average Bonchev–Trinajstić information content (AvgIpc) is 3.09. The molecule has 1 aromatic heterocycles. The summed E-state index contributed by atoms with van der Waals surface area (Å²) in [4.78, 5) is 19.8. The van der Waals surface area contributed by atoms with Crippen LogP contribution in [0.3, 0.4) is 0 Å². The second-order valence-corrected chi connectivity index (χ2v) is 9.70. The molecule has 0 bridgehead atoms. The number of urea groups is 1. The van der Waals surface area contributed by atoms with E-state index < -0.39 is 0 Å². The summed E-state index contributed by atoms with van der Waals surface area (Å²) >= 11 is 12.3. The van der Waals surface area contributed by atoms with Crippen molar-refractivity contribution in [1.29, 1.82) is 0 Å². The lowest BCUT2D eigenvalue weighted by atomic mass is 9.86. The van der Waals surface area contributed by atoms with E-state index in [0.717, 1.165) is 24.4 Å². The zero-order valence-corrected chi connectivity index (χ0v) is 19.4. The molecule has 0 fully saturated rings. The molecule has 1 aliphatic heterocycles. The van der Waals surface area contributed by atoms with E-state index in [9.17, 15) is 4.79 Å². The number of aromatic nitrogens is 2. The maximum Gasteiger partial charge on any atom is 0.322 e. The SMILES string of the molecule is CC(C)(C)c1ccc(C2c3nccn3CCCN2C(=O)Nc2ccc(Cl)cc2Cl)cc1. The van der Waals surface area contributed by atoms with Crippen molar-refractivity contribution in [2.24, 2.45) is 0 Å². The molecule has 0 saturated carbocycles. The standard InChI is InChI=1S/C24H26Cl2N4O/c1-24(2,3)17-7-5-16(6-8-17)21-22-27-11-14-29(22)12-4-13-30(21)23(31)28-20-10-9-18(25)15-19(20)26/h5-11,14-15,21H,4,12-13H2,1-3H3,(H,28,31). The minimum absolute atomic E-state index is 0.0584. The molecular weight excluding hydrogens is 431 g/mol. The lowest BCUT2D eigenvalue weighted by Gasteiger charge is -2.30. The first-order valence-electron chi connectivity index (χ1n) is 10.4. The van der Waals surface area contributed by atoms with Gasteiger partial charge in [0.05, 0.1) is 10.7 Å². The molecule has 0 aliphatic carbocycles. The molecule has 1 unspecified atom stereocenters. The van der Waals surface area contributed by atoms with Crippen LogP contribution in [0.2, 0.25) is 10.0 Å². The Morgan fingerprint density at radius 1 is 1.10 bits per heavy atom. The minimum Gasteiger partial charge on any atom is -0.333 e. The van der Waals surface area contributed by atoms with Gasteiger partial charge >= 0.3 is 6.03 Å². The van der Waals surface area contributed by atoms with E-state index in [2.05, 4.69) is 59.9 Å². The minimum atomic E-state index is -0.294. The molecule has 2 amide bonds. The number of amides is 2. The van der Waals surface area contributed by atoms with Crippen molar-refractivity contribution in [2.45, 2.75) is 45.2 Å². The van der Waals surface area contributed by atoms with Crippen LogP contribution in [0.25, 0.3) is 0 Å². The summed E-state index contributed by atoms with van der Waals surface area (Å²) in [5.41, 5.74) is 2.87. The van der Waals surface area contributed by atoms with Crippen LogP contribution < -0.4 is 5.32 Å². The third-order valence-corrected chi connectivity index (χ3v) is 6.18. The number of hydrogen-bond acceptors (Lipinski definition) is 2. The number of hydrogen-bond donors (Lipinski definition) is 1. The summed E-state index contributed by atoms with van der Waals surface area (Å²) in [5.74, 6) is 0.860. The second-order valence-electron chi connectivity index (χ2n) is 8.85. The van der Waals surface area contributed by atoms with E-state index in [0.29, 0.717) is 22.3 Å². The Kier molecular flexibility index (Phi) is 6.00. The first-order valence-corrected chi connectivity index (χ1v) is 11.1. The first-order chi connectivity index (χ1) is 14.7. The van der Waals surface area contributed by atoms with Crippen molar-refractivity contribution in [2.75, 3.05) is 11.9 Å². The van der Waals surface area contributed by atoms with Gasteiger partial charge in [0.1, 0.15) is 11.9 Å². The molecule has 1 atom stereocenters. The van der Waals surface area contributed by atoms with Crippen LogP contribution in [-0.4, -0.2) is 27.0 Å². The number of fused-ring (bicyclic) bond motifs is 1. The highest BCUT2D eigenvalue weighted by molar-refractivity contribution is 6.36. The molecule has 162 valence electrons. The van der Waals surface area contributed by atoms with Crippen LogP contribution >= 0.6 is 23.2 Å². The van der Waals surface area contributed by atoms with Gasteiger partial charge in [-0.1, -0.05) is 68.2 Å². The molecule has 1 aliphatic rings. The van der Waals surface area contributed by atoms with Crippen molar-refractivity contribution in [3.63, 3.8) is 0 Å². The van der Waals surface area contributed by atoms with E-state index in [4.69, 9.17) is 23.2 Å². The lowest BCUT2D eigenvalue weighted by molar-refractivity contribution is 0.198. The Bertz CT molecular complexity index is 1090. The topological polar surface area (TPSA) is 50.2 Å². The molecule has 3 aromatic rings. The predicted octanol–water partition coefficient (Wildman–Crippen LogP) is 6.51. The highest BCUT2D eigenvalue weighted by Gasteiger charge is 2.32. The quantitative estimate of drug-likeness (QED) is 0.477. The van der Waals surface area contributed by atoms with E-state index in [1.54, 1.807) is 24.4 Å². The van der Waals surface area contributed by atoms with Crippen molar-refractivity contribution in [3.05, 3.63) is 81.9 Å². The molecule has 2 aromatic carbocycles. The first kappa shape index (κ1) is 21.7. The van der Waals surface area contributed by atoms with Crippen molar-refractivity contribution >= 4 is 34.9 Å². The van der Waals surface area contributed by atoms with E-state index in [1.807, 2.05) is 11.1 Å². The third-order valence-electron chi connectivity index (χ3n) is 5.63. The molecule has 0 spiro atoms. The number of aryl methyl sites for hydroxylation is 1. The third kappa shape index (κ3) is 4.58. The fourth-order valence-electron chi connectivity index (χ4n) is 3.93. The molecule has 1 N–H and O–H groups in total.